The fraction of sp³-hybridized carbons (Fsp3) is 0.333. The first-order chi connectivity index (χ1) is 17.6. The Balaban J connectivity index is 1.88. The zero-order chi connectivity index (χ0) is 27.3. The van der Waals surface area contributed by atoms with Gasteiger partial charge in [0, 0.05) is 4.47 Å². The van der Waals surface area contributed by atoms with Gasteiger partial charge in [0.2, 0.25) is 5.76 Å². The summed E-state index contributed by atoms with van der Waals surface area (Å²) in [7, 11) is 1.21. The Morgan fingerprint density at radius 2 is 1.89 bits per heavy atom. The molecule has 1 fully saturated rings. The highest BCUT2D eigenvalue weighted by Gasteiger charge is 2.35. The van der Waals surface area contributed by atoms with Crippen molar-refractivity contribution in [3.8, 4) is 11.5 Å². The maximum absolute atomic E-state index is 13.0. The monoisotopic (exact) mass is 642 g/mol. The van der Waals surface area contributed by atoms with Crippen LogP contribution in [0, 0.1) is 0 Å². The lowest BCUT2D eigenvalue weighted by molar-refractivity contribution is -0.150. The van der Waals surface area contributed by atoms with Crippen molar-refractivity contribution in [2.75, 3.05) is 20.3 Å². The molecule has 0 aliphatic carbocycles. The number of hydrogen-bond acceptors (Lipinski definition) is 9. The summed E-state index contributed by atoms with van der Waals surface area (Å²) in [5.74, 6) is -1.05. The van der Waals surface area contributed by atoms with Crippen LogP contribution in [0.4, 0.5) is 4.79 Å². The molecule has 198 valence electrons. The minimum Gasteiger partial charge on any atom is -0.490 e. The number of carbonyl (C=O) groups is 4. The van der Waals surface area contributed by atoms with Crippen LogP contribution in [0.2, 0.25) is 0 Å². The number of urea groups is 1. The summed E-state index contributed by atoms with van der Waals surface area (Å²) in [6.07, 6.45) is 0.565. The number of benzene rings is 1. The molecule has 0 spiro atoms. The van der Waals surface area contributed by atoms with Crippen molar-refractivity contribution >= 4 is 61.8 Å². The Labute approximate surface area is 229 Å². The van der Waals surface area contributed by atoms with Gasteiger partial charge in [0.05, 0.1) is 31.3 Å². The third-order valence-corrected chi connectivity index (χ3v) is 7.14. The molecule has 3 amide bonds. The topological polar surface area (TPSA) is 134 Å². The summed E-state index contributed by atoms with van der Waals surface area (Å²) >= 11 is 6.92. The second kappa shape index (κ2) is 12.3. The van der Waals surface area contributed by atoms with Gasteiger partial charge in [0.25, 0.3) is 5.91 Å². The minimum atomic E-state index is -0.905. The largest absolute Gasteiger partial charge is 0.490 e. The van der Waals surface area contributed by atoms with Crippen LogP contribution >= 0.6 is 31.9 Å². The van der Waals surface area contributed by atoms with E-state index in [0.29, 0.717) is 26.9 Å². The van der Waals surface area contributed by atoms with Gasteiger partial charge in [0.1, 0.15) is 11.5 Å². The van der Waals surface area contributed by atoms with Crippen molar-refractivity contribution < 1.29 is 42.5 Å². The molecule has 1 aliphatic rings. The molecule has 1 aromatic heterocycles. The molecule has 3 rings (SSSR count). The molecule has 0 unspecified atom stereocenters. The fourth-order valence-corrected chi connectivity index (χ4v) is 4.19. The number of furan rings is 1. The first-order valence-corrected chi connectivity index (χ1v) is 12.7. The SMILES string of the molecule is CCOC(=O)[C@@H](C)Oc1c(OCC)cc(/C=C2\NC(=O)N(Cc3ccc(C(=O)OC)o3)C2=O)c(Br)c1Br. The molecule has 1 aliphatic heterocycles. The number of rotatable bonds is 10. The molecular formula is C24H24Br2N2O9. The van der Waals surface area contributed by atoms with Crippen LogP contribution < -0.4 is 14.8 Å². The molecule has 13 heteroatoms. The molecule has 1 aromatic carbocycles. The lowest BCUT2D eigenvalue weighted by Gasteiger charge is -2.19. The van der Waals surface area contributed by atoms with Crippen LogP contribution in [0.15, 0.2) is 37.3 Å². The van der Waals surface area contributed by atoms with Crippen molar-refractivity contribution in [3.05, 3.63) is 49.9 Å². The second-order valence-electron chi connectivity index (χ2n) is 7.50. The van der Waals surface area contributed by atoms with E-state index < -0.39 is 30.0 Å². The first kappa shape index (κ1) is 28.3. The van der Waals surface area contributed by atoms with Gasteiger partial charge in [-0.3, -0.25) is 9.69 Å². The van der Waals surface area contributed by atoms with Gasteiger partial charge in [-0.25, -0.2) is 14.4 Å². The Kier molecular flexibility index (Phi) is 9.38. The lowest BCUT2D eigenvalue weighted by atomic mass is 10.1. The van der Waals surface area contributed by atoms with Crippen LogP contribution in [0.3, 0.4) is 0 Å². The van der Waals surface area contributed by atoms with Crippen molar-refractivity contribution in [3.63, 3.8) is 0 Å². The summed E-state index contributed by atoms with van der Waals surface area (Å²) in [6, 6.07) is 3.82. The maximum atomic E-state index is 13.0. The Hall–Kier alpha value is -3.32. The number of hydrogen-bond donors (Lipinski definition) is 1. The van der Waals surface area contributed by atoms with Crippen molar-refractivity contribution in [2.24, 2.45) is 0 Å². The highest BCUT2D eigenvalue weighted by atomic mass is 79.9. The van der Waals surface area contributed by atoms with E-state index in [1.807, 2.05) is 0 Å². The van der Waals surface area contributed by atoms with Crippen LogP contribution in [0.1, 0.15) is 42.6 Å². The number of ether oxygens (including phenoxy) is 4. The number of nitrogens with one attached hydrogen (secondary N) is 1. The quantitative estimate of drug-likeness (QED) is 0.227. The highest BCUT2D eigenvalue weighted by molar-refractivity contribution is 9.13. The third-order valence-electron chi connectivity index (χ3n) is 4.99. The van der Waals surface area contributed by atoms with Gasteiger partial charge < -0.3 is 28.7 Å². The fourth-order valence-electron chi connectivity index (χ4n) is 3.27. The molecule has 11 nitrogen and oxygen atoms in total. The number of esters is 2. The van der Waals surface area contributed by atoms with E-state index in [4.69, 9.17) is 18.6 Å². The number of methoxy groups -OCH3 is 1. The zero-order valence-corrected chi connectivity index (χ0v) is 23.6. The number of halogens is 2. The smallest absolute Gasteiger partial charge is 0.373 e. The molecule has 0 radical (unpaired) electrons. The Morgan fingerprint density at radius 3 is 2.54 bits per heavy atom. The van der Waals surface area contributed by atoms with Crippen molar-refractivity contribution in [1.29, 1.82) is 0 Å². The van der Waals surface area contributed by atoms with E-state index in [1.165, 1.54) is 25.3 Å². The van der Waals surface area contributed by atoms with Gasteiger partial charge in [0.15, 0.2) is 17.6 Å². The number of imide groups is 1. The molecular weight excluding hydrogens is 620 g/mol. The predicted octanol–water partition coefficient (Wildman–Crippen LogP) is 4.41. The van der Waals surface area contributed by atoms with Gasteiger partial charge in [-0.1, -0.05) is 0 Å². The molecule has 37 heavy (non-hydrogen) atoms. The van der Waals surface area contributed by atoms with Gasteiger partial charge in [-0.05, 0) is 82.5 Å². The van der Waals surface area contributed by atoms with Crippen LogP contribution in [0.5, 0.6) is 11.5 Å². The van der Waals surface area contributed by atoms with Crippen LogP contribution in [-0.4, -0.2) is 55.2 Å². The van der Waals surface area contributed by atoms with Gasteiger partial charge >= 0.3 is 18.0 Å². The first-order valence-electron chi connectivity index (χ1n) is 11.1. The Bertz CT molecular complexity index is 1260. The number of amides is 3. The predicted molar refractivity (Wildman–Crippen MR) is 137 cm³/mol. The molecule has 2 heterocycles. The standard InChI is InChI=1S/C24H24Br2N2O9/c1-5-34-17-10-13(18(25)19(26)20(17)36-12(3)22(30)35-6-2)9-15-21(29)28(24(32)27-15)11-14-7-8-16(37-14)23(31)33-4/h7-10,12H,5-6,11H2,1-4H3,(H,27,32)/b15-9-/t12-/m1/s1. The van der Waals surface area contributed by atoms with Crippen LogP contribution in [-0.2, 0) is 25.6 Å². The van der Waals surface area contributed by atoms with E-state index in [1.54, 1.807) is 26.8 Å². The maximum Gasteiger partial charge on any atom is 0.373 e. The van der Waals surface area contributed by atoms with Crippen molar-refractivity contribution in [2.45, 2.75) is 33.4 Å². The van der Waals surface area contributed by atoms with E-state index >= 15 is 0 Å². The summed E-state index contributed by atoms with van der Waals surface area (Å²) in [4.78, 5) is 50.1. The minimum absolute atomic E-state index is 0.00774. The average Bonchev–Trinajstić information content (AvgIpc) is 3.44. The van der Waals surface area contributed by atoms with E-state index in [9.17, 15) is 19.2 Å². The highest BCUT2D eigenvalue weighted by Crippen LogP contribution is 2.44. The number of nitrogens with zero attached hydrogens (tertiary/aromatic N) is 1. The Morgan fingerprint density at radius 1 is 1.16 bits per heavy atom. The van der Waals surface area contributed by atoms with E-state index in [0.717, 1.165) is 4.90 Å². The van der Waals surface area contributed by atoms with E-state index in [-0.39, 0.29) is 36.1 Å². The summed E-state index contributed by atoms with van der Waals surface area (Å²) in [5.41, 5.74) is 0.497. The third kappa shape index (κ3) is 6.34. The molecule has 1 atom stereocenters. The normalized spacial score (nSPS) is 15.0. The molecule has 2 aromatic rings. The van der Waals surface area contributed by atoms with E-state index in [2.05, 4.69) is 41.9 Å². The molecule has 1 N–H and O–H groups in total. The summed E-state index contributed by atoms with van der Waals surface area (Å²) in [5, 5.41) is 2.53. The molecule has 0 saturated carbocycles. The zero-order valence-electron chi connectivity index (χ0n) is 20.4. The summed E-state index contributed by atoms with van der Waals surface area (Å²) < 4.78 is 27.4. The average molecular weight is 644 g/mol. The van der Waals surface area contributed by atoms with Gasteiger partial charge in [-0.2, -0.15) is 0 Å². The second-order valence-corrected chi connectivity index (χ2v) is 9.09. The summed E-state index contributed by atoms with van der Waals surface area (Å²) in [6.45, 7) is 5.36. The van der Waals surface area contributed by atoms with Gasteiger partial charge in [-0.15, -0.1) is 0 Å². The van der Waals surface area contributed by atoms with Crippen LogP contribution in [0.25, 0.3) is 6.08 Å². The number of carbonyl (C=O) groups excluding carboxylic acids is 4. The lowest BCUT2D eigenvalue weighted by Crippen LogP contribution is -2.30. The molecule has 0 bridgehead atoms. The molecule has 1 saturated heterocycles. The van der Waals surface area contributed by atoms with Crippen molar-refractivity contribution in [1.82, 2.24) is 10.2 Å².